The minimum atomic E-state index is -4.55. The Hall–Kier alpha value is -3.40. The second-order valence-corrected chi connectivity index (χ2v) is 8.11. The molecule has 3 aromatic rings. The minimum Gasteiger partial charge on any atom is -0.279 e. The highest BCUT2D eigenvalue weighted by Crippen LogP contribution is 2.37. The van der Waals surface area contributed by atoms with E-state index in [1.54, 1.807) is 0 Å². The zero-order valence-electron chi connectivity index (χ0n) is 15.3. The van der Waals surface area contributed by atoms with Crippen LogP contribution >= 0.6 is 0 Å². The number of hydrogen-bond acceptors (Lipinski definition) is 4. The van der Waals surface area contributed by atoms with Gasteiger partial charge in [-0.15, -0.1) is 0 Å². The number of guanidine groups is 1. The van der Waals surface area contributed by atoms with Crippen LogP contribution in [-0.2, 0) is 22.7 Å². The van der Waals surface area contributed by atoms with E-state index < -0.39 is 21.8 Å². The van der Waals surface area contributed by atoms with Gasteiger partial charge in [-0.25, -0.2) is 18.1 Å². The number of pyridine rings is 1. The summed E-state index contributed by atoms with van der Waals surface area (Å²) in [5, 5.41) is 0. The molecule has 1 aromatic heterocycles. The maximum atomic E-state index is 13.3. The molecule has 1 N–H and O–H groups in total. The third-order valence-corrected chi connectivity index (χ3v) is 5.76. The van der Waals surface area contributed by atoms with Crippen molar-refractivity contribution in [1.29, 1.82) is 0 Å². The van der Waals surface area contributed by atoms with Gasteiger partial charge in [-0.2, -0.15) is 13.2 Å². The summed E-state index contributed by atoms with van der Waals surface area (Å²) in [5.41, 5.74) is 0.238. The van der Waals surface area contributed by atoms with Gasteiger partial charge in [-0.1, -0.05) is 36.4 Å². The number of alkyl halides is 3. The number of nitrogens with zero attached hydrogens (tertiary/aromatic N) is 3. The van der Waals surface area contributed by atoms with Gasteiger partial charge < -0.3 is 0 Å². The lowest BCUT2D eigenvalue weighted by molar-refractivity contribution is -0.137. The number of benzene rings is 2. The summed E-state index contributed by atoms with van der Waals surface area (Å²) in [6.45, 7) is 0.134. The zero-order valence-corrected chi connectivity index (χ0v) is 16.2. The Morgan fingerprint density at radius 1 is 1.03 bits per heavy atom. The van der Waals surface area contributed by atoms with E-state index in [1.165, 1.54) is 29.3 Å². The second kappa shape index (κ2) is 7.45. The Labute approximate surface area is 170 Å². The predicted molar refractivity (Wildman–Crippen MR) is 106 cm³/mol. The van der Waals surface area contributed by atoms with Gasteiger partial charge in [0, 0.05) is 18.1 Å². The Balaban J connectivity index is 1.86. The number of rotatable bonds is 3. The summed E-state index contributed by atoms with van der Waals surface area (Å²) in [6.07, 6.45) is -2.03. The van der Waals surface area contributed by atoms with Crippen molar-refractivity contribution in [2.45, 2.75) is 17.6 Å². The van der Waals surface area contributed by atoms with E-state index >= 15 is 0 Å². The third-order valence-electron chi connectivity index (χ3n) is 4.42. The van der Waals surface area contributed by atoms with E-state index in [0.29, 0.717) is 0 Å². The van der Waals surface area contributed by atoms with Crippen molar-refractivity contribution >= 4 is 27.4 Å². The third kappa shape index (κ3) is 3.86. The van der Waals surface area contributed by atoms with Crippen LogP contribution in [0.2, 0.25) is 0 Å². The van der Waals surface area contributed by atoms with E-state index in [9.17, 15) is 21.6 Å². The number of aromatic nitrogens is 1. The van der Waals surface area contributed by atoms with Crippen LogP contribution in [0.25, 0.3) is 0 Å². The second-order valence-electron chi connectivity index (χ2n) is 6.46. The van der Waals surface area contributed by atoms with E-state index in [1.807, 2.05) is 30.3 Å². The van der Waals surface area contributed by atoms with Crippen LogP contribution in [0.5, 0.6) is 0 Å². The summed E-state index contributed by atoms with van der Waals surface area (Å²) in [6, 6.07) is 15.1. The molecule has 0 radical (unpaired) electrons. The molecular weight excluding hydrogens is 417 g/mol. The fourth-order valence-corrected chi connectivity index (χ4v) is 4.18. The van der Waals surface area contributed by atoms with Crippen molar-refractivity contribution in [3.63, 3.8) is 0 Å². The number of halogens is 3. The highest BCUT2D eigenvalue weighted by Gasteiger charge is 2.36. The molecule has 0 unspecified atom stereocenters. The molecule has 2 aromatic carbocycles. The molecule has 0 aliphatic carbocycles. The first-order valence-corrected chi connectivity index (χ1v) is 10.3. The van der Waals surface area contributed by atoms with Gasteiger partial charge in [0.2, 0.25) is 5.96 Å². The van der Waals surface area contributed by atoms with Crippen molar-refractivity contribution in [1.82, 2.24) is 9.71 Å². The van der Waals surface area contributed by atoms with Gasteiger partial charge in [0.1, 0.15) is 4.90 Å². The van der Waals surface area contributed by atoms with Crippen molar-refractivity contribution < 1.29 is 21.6 Å². The molecule has 0 saturated heterocycles. The molecule has 1 aliphatic rings. The van der Waals surface area contributed by atoms with Crippen molar-refractivity contribution in [2.75, 3.05) is 4.90 Å². The molecule has 1 aliphatic heterocycles. The molecule has 10 heteroatoms. The zero-order chi connectivity index (χ0) is 21.4. The SMILES string of the molecule is O=S1(=O)NC(=NCc2ccccc2)N(c2cccc(C(F)(F)F)c2)c2ccncc21. The van der Waals surface area contributed by atoms with Gasteiger partial charge >= 0.3 is 6.18 Å². The molecule has 0 amide bonds. The molecule has 0 fully saturated rings. The van der Waals surface area contributed by atoms with E-state index in [2.05, 4.69) is 14.7 Å². The van der Waals surface area contributed by atoms with Gasteiger partial charge in [0.15, 0.2) is 0 Å². The average Bonchev–Trinajstić information content (AvgIpc) is 2.72. The Kier molecular flexibility index (Phi) is 4.94. The standard InChI is InChI=1S/C20H15F3N4O2S/c21-20(22,23)15-7-4-8-16(11-15)27-17-9-10-24-13-18(17)30(28,29)26-19(27)25-12-14-5-2-1-3-6-14/h1-11,13H,12H2,(H,25,26). The Morgan fingerprint density at radius 2 is 1.80 bits per heavy atom. The lowest BCUT2D eigenvalue weighted by Gasteiger charge is -2.32. The maximum Gasteiger partial charge on any atom is 0.416 e. The summed E-state index contributed by atoms with van der Waals surface area (Å²) in [4.78, 5) is 9.37. The molecule has 30 heavy (non-hydrogen) atoms. The molecule has 154 valence electrons. The molecule has 6 nitrogen and oxygen atoms in total. The van der Waals surface area contributed by atoms with Crippen LogP contribution in [0.3, 0.4) is 0 Å². The van der Waals surface area contributed by atoms with Crippen molar-refractivity contribution in [2.24, 2.45) is 4.99 Å². The van der Waals surface area contributed by atoms with Gasteiger partial charge in [-0.3, -0.25) is 9.88 Å². The van der Waals surface area contributed by atoms with Crippen LogP contribution in [0.1, 0.15) is 11.1 Å². The first-order chi connectivity index (χ1) is 14.3. The quantitative estimate of drug-likeness (QED) is 0.677. The van der Waals surface area contributed by atoms with Crippen LogP contribution in [-0.4, -0.2) is 19.4 Å². The Bertz CT molecular complexity index is 1210. The van der Waals surface area contributed by atoms with Gasteiger partial charge in [-0.05, 0) is 29.8 Å². The molecule has 0 atom stereocenters. The molecule has 4 rings (SSSR count). The van der Waals surface area contributed by atoms with Crippen LogP contribution in [0, 0.1) is 0 Å². The fourth-order valence-electron chi connectivity index (χ4n) is 3.03. The van der Waals surface area contributed by atoms with Crippen LogP contribution in [0.4, 0.5) is 24.5 Å². The van der Waals surface area contributed by atoms with E-state index in [-0.39, 0.29) is 28.8 Å². The molecule has 0 bridgehead atoms. The highest BCUT2D eigenvalue weighted by atomic mass is 32.2. The van der Waals surface area contributed by atoms with Crippen LogP contribution in [0.15, 0.2) is 82.9 Å². The van der Waals surface area contributed by atoms with E-state index in [4.69, 9.17) is 0 Å². The number of anilines is 2. The summed E-state index contributed by atoms with van der Waals surface area (Å²) in [7, 11) is -3.98. The van der Waals surface area contributed by atoms with Gasteiger partial charge in [0.25, 0.3) is 10.0 Å². The maximum absolute atomic E-state index is 13.3. The monoisotopic (exact) mass is 432 g/mol. The smallest absolute Gasteiger partial charge is 0.279 e. The van der Waals surface area contributed by atoms with Crippen molar-refractivity contribution in [3.8, 4) is 0 Å². The summed E-state index contributed by atoms with van der Waals surface area (Å²) >= 11 is 0. The molecular formula is C20H15F3N4O2S. The number of hydrogen-bond donors (Lipinski definition) is 1. The van der Waals surface area contributed by atoms with Crippen LogP contribution < -0.4 is 9.62 Å². The predicted octanol–water partition coefficient (Wildman–Crippen LogP) is 4.09. The summed E-state index contributed by atoms with van der Waals surface area (Å²) in [5.74, 6) is -0.100. The molecule has 0 saturated carbocycles. The number of aliphatic imine (C=N–C) groups is 1. The number of nitrogens with one attached hydrogen (secondary N) is 1. The van der Waals surface area contributed by atoms with Crippen molar-refractivity contribution in [3.05, 3.63) is 84.2 Å². The number of fused-ring (bicyclic) bond motifs is 1. The molecule has 0 spiro atoms. The van der Waals surface area contributed by atoms with E-state index in [0.717, 1.165) is 23.9 Å². The van der Waals surface area contributed by atoms with Gasteiger partial charge in [0.05, 0.1) is 17.8 Å². The first-order valence-electron chi connectivity index (χ1n) is 8.78. The fraction of sp³-hybridized carbons (Fsp3) is 0.100. The number of sulfonamides is 1. The lowest BCUT2D eigenvalue weighted by atomic mass is 10.1. The first kappa shape index (κ1) is 19.9. The molecule has 2 heterocycles. The highest BCUT2D eigenvalue weighted by molar-refractivity contribution is 7.90. The normalized spacial score (nSPS) is 16.8. The lowest BCUT2D eigenvalue weighted by Crippen LogP contribution is -2.46. The summed E-state index contributed by atoms with van der Waals surface area (Å²) < 4.78 is 67.4. The average molecular weight is 432 g/mol. The Morgan fingerprint density at radius 3 is 2.53 bits per heavy atom. The largest absolute Gasteiger partial charge is 0.416 e. The minimum absolute atomic E-state index is 0.100. The topological polar surface area (TPSA) is 74.7 Å².